The highest BCUT2D eigenvalue weighted by molar-refractivity contribution is 5.89. The van der Waals surface area contributed by atoms with Crippen molar-refractivity contribution in [1.29, 1.82) is 0 Å². The fourth-order valence-electron chi connectivity index (χ4n) is 1.53. The minimum absolute atomic E-state index is 0.332. The Balaban J connectivity index is 2.49. The molecule has 0 aliphatic rings. The van der Waals surface area contributed by atoms with E-state index in [0.717, 1.165) is 11.3 Å². The second-order valence-electron chi connectivity index (χ2n) is 4.00. The lowest BCUT2D eigenvalue weighted by molar-refractivity contribution is 0.0600. The highest BCUT2D eigenvalue weighted by Gasteiger charge is 2.09. The lowest BCUT2D eigenvalue weighted by Crippen LogP contribution is -2.02. The molecule has 0 bridgehead atoms. The van der Waals surface area contributed by atoms with Crippen LogP contribution in [-0.2, 0) is 4.74 Å². The van der Waals surface area contributed by atoms with Crippen molar-refractivity contribution < 1.29 is 9.53 Å². The second-order valence-corrected chi connectivity index (χ2v) is 4.00. The number of ether oxygens (including phenoxy) is 1. The van der Waals surface area contributed by atoms with Gasteiger partial charge in [-0.2, -0.15) is 0 Å². The molecule has 0 unspecified atom stereocenters. The minimum atomic E-state index is -0.332. The van der Waals surface area contributed by atoms with E-state index >= 15 is 0 Å². The van der Waals surface area contributed by atoms with E-state index in [9.17, 15) is 4.79 Å². The van der Waals surface area contributed by atoms with E-state index in [-0.39, 0.29) is 5.97 Å². The number of carbonyl (C=O) groups excluding carboxylic acids is 1. The molecule has 0 aliphatic heterocycles. The normalized spacial score (nSPS) is 11.0. The van der Waals surface area contributed by atoms with Gasteiger partial charge in [0.2, 0.25) is 0 Å². The first-order valence-electron chi connectivity index (χ1n) is 5.19. The third kappa shape index (κ3) is 1.78. The molecule has 0 atom stereocenters. The summed E-state index contributed by atoms with van der Waals surface area (Å²) in [6.07, 6.45) is 3.67. The van der Waals surface area contributed by atoms with Crippen LogP contribution in [0.3, 0.4) is 0 Å². The summed E-state index contributed by atoms with van der Waals surface area (Å²) in [4.78, 5) is 15.8. The predicted octanol–water partition coefficient (Wildman–Crippen LogP) is 2.24. The summed E-state index contributed by atoms with van der Waals surface area (Å²) >= 11 is 0. The van der Waals surface area contributed by atoms with Crippen LogP contribution in [0.15, 0.2) is 24.5 Å². The topological polar surface area (TPSA) is 43.6 Å². The number of hydrogen-bond donors (Lipinski definition) is 0. The van der Waals surface area contributed by atoms with Gasteiger partial charge in [-0.1, -0.05) is 13.8 Å². The molecule has 2 aromatic rings. The predicted molar refractivity (Wildman–Crippen MR) is 60.6 cm³/mol. The zero-order valence-electron chi connectivity index (χ0n) is 9.60. The average molecular weight is 218 g/mol. The fourth-order valence-corrected chi connectivity index (χ4v) is 1.53. The highest BCUT2D eigenvalue weighted by Crippen LogP contribution is 2.15. The van der Waals surface area contributed by atoms with Gasteiger partial charge in [-0.05, 0) is 18.1 Å². The van der Waals surface area contributed by atoms with E-state index in [2.05, 4.69) is 23.6 Å². The first-order chi connectivity index (χ1) is 7.61. The number of esters is 1. The molecule has 2 aromatic heterocycles. The highest BCUT2D eigenvalue weighted by atomic mass is 16.5. The van der Waals surface area contributed by atoms with Crippen LogP contribution in [0.4, 0.5) is 0 Å². The van der Waals surface area contributed by atoms with Crippen LogP contribution in [0.5, 0.6) is 0 Å². The standard InChI is InChI=1S/C12H14N2O2/c1-8(2)10-7-14-6-9(12(15)16-3)4-5-11(14)13-10/h4-8H,1-3H3. The van der Waals surface area contributed by atoms with Gasteiger partial charge in [0.1, 0.15) is 5.65 Å². The van der Waals surface area contributed by atoms with E-state index < -0.39 is 0 Å². The van der Waals surface area contributed by atoms with Crippen molar-refractivity contribution in [3.05, 3.63) is 35.8 Å². The third-order valence-electron chi connectivity index (χ3n) is 2.48. The Morgan fingerprint density at radius 1 is 1.38 bits per heavy atom. The van der Waals surface area contributed by atoms with E-state index in [4.69, 9.17) is 0 Å². The molecular formula is C12H14N2O2. The van der Waals surface area contributed by atoms with Gasteiger partial charge in [-0.25, -0.2) is 9.78 Å². The molecule has 0 N–H and O–H groups in total. The Hall–Kier alpha value is -1.84. The zero-order valence-corrected chi connectivity index (χ0v) is 9.60. The monoisotopic (exact) mass is 218 g/mol. The van der Waals surface area contributed by atoms with Crippen LogP contribution in [0, 0.1) is 0 Å². The van der Waals surface area contributed by atoms with Crippen LogP contribution in [0.25, 0.3) is 5.65 Å². The number of methoxy groups -OCH3 is 1. The van der Waals surface area contributed by atoms with Crippen LogP contribution in [0.2, 0.25) is 0 Å². The lowest BCUT2D eigenvalue weighted by Gasteiger charge is -1.99. The number of aromatic nitrogens is 2. The van der Waals surface area contributed by atoms with Crippen molar-refractivity contribution in [2.75, 3.05) is 7.11 Å². The Morgan fingerprint density at radius 2 is 2.12 bits per heavy atom. The molecule has 0 spiro atoms. The summed E-state index contributed by atoms with van der Waals surface area (Å²) in [5.41, 5.74) is 2.39. The minimum Gasteiger partial charge on any atom is -0.465 e. The zero-order chi connectivity index (χ0) is 11.7. The Labute approximate surface area is 93.9 Å². The van der Waals surface area contributed by atoms with Gasteiger partial charge in [0.25, 0.3) is 0 Å². The Morgan fingerprint density at radius 3 is 2.75 bits per heavy atom. The van der Waals surface area contributed by atoms with Gasteiger partial charge in [0.05, 0.1) is 18.4 Å². The van der Waals surface area contributed by atoms with Gasteiger partial charge in [0, 0.05) is 12.4 Å². The SMILES string of the molecule is COC(=O)c1ccc2nc(C(C)C)cn2c1. The van der Waals surface area contributed by atoms with E-state index in [1.165, 1.54) is 7.11 Å². The quantitative estimate of drug-likeness (QED) is 0.726. The molecule has 4 heteroatoms. The lowest BCUT2D eigenvalue weighted by atomic mass is 10.2. The molecular weight excluding hydrogens is 204 g/mol. The van der Waals surface area contributed by atoms with Crippen LogP contribution >= 0.6 is 0 Å². The molecule has 16 heavy (non-hydrogen) atoms. The number of nitrogens with zero attached hydrogens (tertiary/aromatic N) is 2. The fraction of sp³-hybridized carbons (Fsp3) is 0.333. The van der Waals surface area contributed by atoms with Gasteiger partial charge in [-0.3, -0.25) is 0 Å². The molecule has 0 aliphatic carbocycles. The van der Waals surface area contributed by atoms with Crippen LogP contribution in [0.1, 0.15) is 35.8 Å². The number of fused-ring (bicyclic) bond motifs is 1. The average Bonchev–Trinajstić information content (AvgIpc) is 2.70. The van der Waals surface area contributed by atoms with Crippen molar-refractivity contribution >= 4 is 11.6 Å². The molecule has 0 saturated heterocycles. The van der Waals surface area contributed by atoms with Crippen molar-refractivity contribution in [3.63, 3.8) is 0 Å². The molecule has 84 valence electrons. The van der Waals surface area contributed by atoms with Gasteiger partial charge < -0.3 is 9.14 Å². The van der Waals surface area contributed by atoms with E-state index in [1.807, 2.05) is 16.7 Å². The van der Waals surface area contributed by atoms with Crippen LogP contribution in [-0.4, -0.2) is 22.5 Å². The summed E-state index contributed by atoms with van der Waals surface area (Å²) in [5, 5.41) is 0. The maximum Gasteiger partial charge on any atom is 0.339 e. The van der Waals surface area contributed by atoms with E-state index in [1.54, 1.807) is 12.3 Å². The number of rotatable bonds is 2. The smallest absolute Gasteiger partial charge is 0.339 e. The molecule has 4 nitrogen and oxygen atoms in total. The molecule has 2 heterocycles. The Kier molecular flexibility index (Phi) is 2.64. The summed E-state index contributed by atoms with van der Waals surface area (Å²) in [6, 6.07) is 3.54. The summed E-state index contributed by atoms with van der Waals surface area (Å²) in [5.74, 6) is 0.0446. The number of carbonyl (C=O) groups is 1. The number of pyridine rings is 1. The number of hydrogen-bond acceptors (Lipinski definition) is 3. The largest absolute Gasteiger partial charge is 0.465 e. The molecule has 0 fully saturated rings. The van der Waals surface area contributed by atoms with Crippen molar-refractivity contribution in [2.24, 2.45) is 0 Å². The maximum absolute atomic E-state index is 11.3. The summed E-state index contributed by atoms with van der Waals surface area (Å²) in [7, 11) is 1.37. The van der Waals surface area contributed by atoms with Crippen molar-refractivity contribution in [3.8, 4) is 0 Å². The van der Waals surface area contributed by atoms with Crippen molar-refractivity contribution in [1.82, 2.24) is 9.38 Å². The molecule has 0 saturated carbocycles. The molecule has 0 aromatic carbocycles. The van der Waals surface area contributed by atoms with Gasteiger partial charge >= 0.3 is 5.97 Å². The Bertz CT molecular complexity index is 529. The summed E-state index contributed by atoms with van der Waals surface area (Å²) in [6.45, 7) is 4.17. The third-order valence-corrected chi connectivity index (χ3v) is 2.48. The first kappa shape index (κ1) is 10.7. The molecule has 0 radical (unpaired) electrons. The second kappa shape index (κ2) is 3.96. The molecule has 2 rings (SSSR count). The van der Waals surface area contributed by atoms with Crippen molar-refractivity contribution in [2.45, 2.75) is 19.8 Å². The maximum atomic E-state index is 11.3. The molecule has 0 amide bonds. The van der Waals surface area contributed by atoms with Gasteiger partial charge in [0.15, 0.2) is 0 Å². The number of imidazole rings is 1. The first-order valence-corrected chi connectivity index (χ1v) is 5.19. The van der Waals surface area contributed by atoms with Gasteiger partial charge in [-0.15, -0.1) is 0 Å². The van der Waals surface area contributed by atoms with Crippen LogP contribution < -0.4 is 0 Å². The van der Waals surface area contributed by atoms with E-state index in [0.29, 0.717) is 11.5 Å². The summed E-state index contributed by atoms with van der Waals surface area (Å²) < 4.78 is 6.52.